The van der Waals surface area contributed by atoms with Crippen LogP contribution in [0.2, 0.25) is 0 Å². The number of fused-ring (bicyclic) bond motifs is 18. The first-order valence-corrected chi connectivity index (χ1v) is 30.6. The highest BCUT2D eigenvalue weighted by atomic mass is 16.5. The third-order valence-corrected chi connectivity index (χ3v) is 16.3. The Morgan fingerprint density at radius 2 is 0.484 bits per heavy atom. The number of nitrogens with one attached hydrogen (secondary N) is 8. The summed E-state index contributed by atoms with van der Waals surface area (Å²) < 4.78 is 12.8. The summed E-state index contributed by atoms with van der Waals surface area (Å²) in [5.41, 5.74) is 9.57. The van der Waals surface area contributed by atoms with Gasteiger partial charge in [0.05, 0.1) is 33.4 Å². The number of aryl methyl sites for hydroxylation is 12. The molecule has 0 spiro atoms. The van der Waals surface area contributed by atoms with Crippen LogP contribution in [0, 0.1) is 83.1 Å². The summed E-state index contributed by atoms with van der Waals surface area (Å²) >= 11 is 0. The second kappa shape index (κ2) is 27.5. The number of rotatable bonds is 0. The van der Waals surface area contributed by atoms with Crippen LogP contribution in [0.15, 0.2) is 140 Å². The topological polar surface area (TPSA) is 271 Å². The van der Waals surface area contributed by atoms with Crippen LogP contribution in [0.1, 0.15) is 150 Å². The van der Waals surface area contributed by atoms with Crippen molar-refractivity contribution in [3.05, 3.63) is 251 Å². The van der Waals surface area contributed by atoms with E-state index in [1.165, 1.54) is 18.2 Å². The van der Waals surface area contributed by atoms with E-state index >= 15 is 0 Å². The van der Waals surface area contributed by atoms with Crippen LogP contribution in [-0.2, 0) is 0 Å². The highest BCUT2D eigenvalue weighted by molar-refractivity contribution is 6.17. The lowest BCUT2D eigenvalue weighted by molar-refractivity contribution is 0.1000. The summed E-state index contributed by atoms with van der Waals surface area (Å²) in [6.07, 6.45) is 10.2. The molecule has 14 bridgehead atoms. The summed E-state index contributed by atoms with van der Waals surface area (Å²) in [7, 11) is 0. The molecule has 0 aromatic heterocycles. The van der Waals surface area contributed by atoms with Gasteiger partial charge in [-0.2, -0.15) is 0 Å². The van der Waals surface area contributed by atoms with E-state index in [0.717, 1.165) is 0 Å². The molecular formula is C76H72N8O11. The van der Waals surface area contributed by atoms with Gasteiger partial charge in [-0.3, -0.25) is 38.4 Å². The lowest BCUT2D eigenvalue weighted by atomic mass is 10.0. The van der Waals surface area contributed by atoms with Gasteiger partial charge in [-0.05, 0) is 241 Å². The maximum absolute atomic E-state index is 14.9. The number of phenols is 1. The van der Waals surface area contributed by atoms with Gasteiger partial charge in [0.1, 0.15) is 30.5 Å². The minimum atomic E-state index is -0.766. The molecular weight excluding hydrogens is 1200 g/mol. The normalized spacial score (nSPS) is 15.1. The second-order valence-corrected chi connectivity index (χ2v) is 24.1. The molecule has 19 heteroatoms. The SMILES string of the molecule is Cc1cc2cc(c1)C(=O)Nc1cc(c(C)cc1C)NC(=O)c1cc(C)cc3c1OC/C=C/C=C/C=C/COc1c(cc(C)cc1C(=O)Nc1cc(c(C)cc1C)NC(=O)c1cc(C)cc(c1O)C(=O)Nc1cc(c(C)cc1C)NC3=O)C(=O)Nc1cc(c(C)cc1C)NC2=O. The van der Waals surface area contributed by atoms with Gasteiger partial charge < -0.3 is 57.1 Å². The van der Waals surface area contributed by atoms with Gasteiger partial charge in [-0.15, -0.1) is 0 Å². The molecule has 482 valence electrons. The van der Waals surface area contributed by atoms with Gasteiger partial charge in [0.2, 0.25) is 0 Å². The van der Waals surface area contributed by atoms with E-state index in [1.807, 2.05) is 0 Å². The third-order valence-electron chi connectivity index (χ3n) is 16.3. The first kappa shape index (κ1) is 66.1. The van der Waals surface area contributed by atoms with Crippen molar-refractivity contribution >= 4 is 92.8 Å². The molecule has 0 saturated heterocycles. The fourth-order valence-electron chi connectivity index (χ4n) is 11.4. The Labute approximate surface area is 550 Å². The number of phenolic OH excluding ortho intramolecular Hbond substituents is 1. The summed E-state index contributed by atoms with van der Waals surface area (Å²) in [5.74, 6) is -5.99. The van der Waals surface area contributed by atoms with Crippen molar-refractivity contribution in [2.75, 3.05) is 55.7 Å². The lowest BCUT2D eigenvalue weighted by Crippen LogP contribution is -2.21. The Balaban J connectivity index is 1.13. The van der Waals surface area contributed by atoms with E-state index in [-0.39, 0.29) is 92.0 Å². The zero-order chi connectivity index (χ0) is 68.3. The number of carbonyl (C=O) groups excluding carboxylic acids is 8. The number of carbonyl (C=O) groups is 8. The first-order chi connectivity index (χ1) is 45.2. The zero-order valence-corrected chi connectivity index (χ0v) is 54.7. The van der Waals surface area contributed by atoms with Crippen molar-refractivity contribution in [3.8, 4) is 17.2 Å². The lowest BCUT2D eigenvalue weighted by Gasteiger charge is -2.19. The predicted molar refractivity (Wildman–Crippen MR) is 372 cm³/mol. The molecule has 8 aromatic carbocycles. The van der Waals surface area contributed by atoms with Crippen molar-refractivity contribution in [1.29, 1.82) is 0 Å². The van der Waals surface area contributed by atoms with Gasteiger partial charge in [0, 0.05) is 56.6 Å². The van der Waals surface area contributed by atoms with Crippen molar-refractivity contribution in [1.82, 2.24) is 0 Å². The monoisotopic (exact) mass is 1270 g/mol. The Bertz CT molecular complexity index is 4430. The number of benzene rings is 8. The van der Waals surface area contributed by atoms with Crippen molar-refractivity contribution in [2.45, 2.75) is 83.1 Å². The molecule has 2 heterocycles. The Kier molecular flexibility index (Phi) is 19.2. The van der Waals surface area contributed by atoms with E-state index in [0.29, 0.717) is 89.5 Å². The molecule has 0 aliphatic carbocycles. The summed E-state index contributed by atoms with van der Waals surface area (Å²) in [6, 6.07) is 27.5. The molecule has 2 aliphatic heterocycles. The zero-order valence-electron chi connectivity index (χ0n) is 54.7. The number of ether oxygens (including phenoxy) is 2. The number of anilines is 8. The highest BCUT2D eigenvalue weighted by Gasteiger charge is 2.28. The molecule has 0 atom stereocenters. The molecule has 0 fully saturated rings. The quantitative estimate of drug-likeness (QED) is 0.0689. The van der Waals surface area contributed by atoms with Crippen molar-refractivity contribution in [2.24, 2.45) is 0 Å². The van der Waals surface area contributed by atoms with Crippen LogP contribution in [0.5, 0.6) is 17.2 Å². The van der Waals surface area contributed by atoms with Gasteiger partial charge in [-0.25, -0.2) is 0 Å². The minimum absolute atomic E-state index is 0.000201. The molecule has 0 unspecified atom stereocenters. The number of hydrogen-bond acceptors (Lipinski definition) is 11. The van der Waals surface area contributed by atoms with Gasteiger partial charge in [0.15, 0.2) is 0 Å². The van der Waals surface area contributed by atoms with E-state index in [4.69, 9.17) is 9.47 Å². The molecule has 0 radical (unpaired) electrons. The average Bonchev–Trinajstić information content (AvgIpc) is 0.816. The molecule has 95 heavy (non-hydrogen) atoms. The van der Waals surface area contributed by atoms with Crippen molar-refractivity contribution < 1.29 is 52.9 Å². The Hall–Kier alpha value is -11.9. The Morgan fingerprint density at radius 3 is 0.747 bits per heavy atom. The number of hydrogen-bond donors (Lipinski definition) is 9. The summed E-state index contributed by atoms with van der Waals surface area (Å²) in [5, 5.41) is 35.4. The Morgan fingerprint density at radius 1 is 0.263 bits per heavy atom. The largest absolute Gasteiger partial charge is 0.506 e. The average molecular weight is 1270 g/mol. The molecule has 19 nitrogen and oxygen atoms in total. The van der Waals surface area contributed by atoms with Crippen LogP contribution in [-0.4, -0.2) is 65.6 Å². The number of allylic oxidation sites excluding steroid dienone is 4. The fraction of sp³-hybridized carbons (Fsp3) is 0.184. The number of amides is 8. The molecule has 9 N–H and O–H groups in total. The molecule has 10 rings (SSSR count). The predicted octanol–water partition coefficient (Wildman–Crippen LogP) is 14.9. The first-order valence-electron chi connectivity index (χ1n) is 30.6. The van der Waals surface area contributed by atoms with Crippen molar-refractivity contribution in [3.63, 3.8) is 0 Å². The maximum atomic E-state index is 14.9. The van der Waals surface area contributed by atoms with E-state index < -0.39 is 53.0 Å². The van der Waals surface area contributed by atoms with Crippen LogP contribution in [0.25, 0.3) is 0 Å². The van der Waals surface area contributed by atoms with Crippen LogP contribution in [0.3, 0.4) is 0 Å². The summed E-state index contributed by atoms with van der Waals surface area (Å²) in [6.45, 7) is 20.9. The standard InChI is InChI=1S/C76H72N8O11/c1-38-21-50-33-51(22-38)70(87)78-59-35-63(47(10)30-43(59)6)82-74(91)55-26-41(4)28-57-68(55)95-20-18-16-14-13-15-17-19-94-67-54(73(90)81-62-34-58(77-69(50)86)42(5)29-46(62)9)25-40(3)27-56(67)75(92)83-64-36-60(44(7)31-48(64)11)79-71(88)52-23-39(2)24-53(66(52)85)72(89)80-61-37-65(84-76(57)93)49(12)32-45(61)8/h13-18,21-37,85H,19-20H2,1-12H3,(H,77,86)(H,78,87)(H,79,88)(H,80,89)(H,81,90)(H,82,91)(H,83,92)(H,84,93)/b14-13+,17-15+,18-16+. The molecule has 2 aliphatic rings. The van der Waals surface area contributed by atoms with Crippen LogP contribution >= 0.6 is 0 Å². The second-order valence-electron chi connectivity index (χ2n) is 24.1. The van der Waals surface area contributed by atoms with E-state index in [2.05, 4.69) is 42.5 Å². The smallest absolute Gasteiger partial charge is 0.259 e. The minimum Gasteiger partial charge on any atom is -0.506 e. The van der Waals surface area contributed by atoms with E-state index in [9.17, 15) is 43.5 Å². The van der Waals surface area contributed by atoms with Gasteiger partial charge >= 0.3 is 0 Å². The fourth-order valence-corrected chi connectivity index (χ4v) is 11.4. The third kappa shape index (κ3) is 14.7. The summed E-state index contributed by atoms with van der Waals surface area (Å²) in [4.78, 5) is 117. The van der Waals surface area contributed by atoms with Gasteiger partial charge in [0.25, 0.3) is 47.3 Å². The number of aromatic hydroxyl groups is 1. The molecule has 0 saturated carbocycles. The van der Waals surface area contributed by atoms with E-state index in [1.54, 1.807) is 204 Å². The van der Waals surface area contributed by atoms with Crippen LogP contribution < -0.4 is 52.0 Å². The molecule has 8 amide bonds. The maximum Gasteiger partial charge on any atom is 0.259 e. The van der Waals surface area contributed by atoms with Crippen LogP contribution in [0.4, 0.5) is 45.5 Å². The molecule has 8 aromatic rings. The van der Waals surface area contributed by atoms with Gasteiger partial charge in [-0.1, -0.05) is 48.6 Å². The highest BCUT2D eigenvalue weighted by Crippen LogP contribution is 2.37.